The molecule has 144 valence electrons. The van der Waals surface area contributed by atoms with Crippen LogP contribution in [0.5, 0.6) is 11.5 Å². The van der Waals surface area contributed by atoms with E-state index in [0.29, 0.717) is 11.3 Å². The number of anilines is 1. The summed E-state index contributed by atoms with van der Waals surface area (Å²) in [5.74, 6) is -0.607. The van der Waals surface area contributed by atoms with Crippen molar-refractivity contribution in [2.75, 3.05) is 12.3 Å². The minimum Gasteiger partial charge on any atom is -0.504 e. The van der Waals surface area contributed by atoms with Crippen molar-refractivity contribution in [1.29, 1.82) is 0 Å². The highest BCUT2D eigenvalue weighted by Gasteiger charge is 2.21. The molecule has 1 amide bonds. The number of amides is 1. The first kappa shape index (κ1) is 20.1. The molecule has 7 heteroatoms. The molecule has 0 heterocycles. The zero-order valence-electron chi connectivity index (χ0n) is 15.4. The zero-order chi connectivity index (χ0) is 19.8. The fraction of sp³-hybridized carbons (Fsp3) is 0.300. The Kier molecular flexibility index (Phi) is 7.05. The van der Waals surface area contributed by atoms with Crippen LogP contribution in [0.15, 0.2) is 42.5 Å². The Hall–Kier alpha value is -3.22. The predicted octanol–water partition coefficient (Wildman–Crippen LogP) is 2.16. The van der Waals surface area contributed by atoms with Crippen molar-refractivity contribution < 1.29 is 24.2 Å². The molecule has 0 aliphatic heterocycles. The van der Waals surface area contributed by atoms with E-state index in [1.165, 1.54) is 13.0 Å². The first-order valence-corrected chi connectivity index (χ1v) is 8.62. The maximum atomic E-state index is 12.1. The number of esters is 1. The molecule has 1 atom stereocenters. The van der Waals surface area contributed by atoms with E-state index in [0.717, 1.165) is 5.56 Å². The second-order valence-electron chi connectivity index (χ2n) is 6.00. The van der Waals surface area contributed by atoms with Crippen LogP contribution in [0.3, 0.4) is 0 Å². The Morgan fingerprint density at radius 3 is 2.63 bits per heavy atom. The van der Waals surface area contributed by atoms with Crippen LogP contribution in [0.2, 0.25) is 0 Å². The van der Waals surface area contributed by atoms with Gasteiger partial charge in [-0.15, -0.1) is 0 Å². The number of hydrogen-bond donors (Lipinski definition) is 3. The van der Waals surface area contributed by atoms with Crippen LogP contribution in [0, 0.1) is 0 Å². The highest BCUT2D eigenvalue weighted by Crippen LogP contribution is 2.29. The normalized spacial score (nSPS) is 11.5. The molecule has 0 aliphatic carbocycles. The van der Waals surface area contributed by atoms with Crippen LogP contribution < -0.4 is 15.8 Å². The molecular weight excluding hydrogens is 348 g/mol. The van der Waals surface area contributed by atoms with Gasteiger partial charge < -0.3 is 25.6 Å². The quantitative estimate of drug-likeness (QED) is 0.484. The van der Waals surface area contributed by atoms with Gasteiger partial charge >= 0.3 is 5.97 Å². The summed E-state index contributed by atoms with van der Waals surface area (Å²) in [4.78, 5) is 23.4. The van der Waals surface area contributed by atoms with Crippen LogP contribution >= 0.6 is 0 Å². The maximum absolute atomic E-state index is 12.1. The van der Waals surface area contributed by atoms with Gasteiger partial charge in [-0.1, -0.05) is 24.3 Å². The van der Waals surface area contributed by atoms with E-state index >= 15 is 0 Å². The Balaban J connectivity index is 2.13. The number of rotatable bonds is 8. The molecule has 27 heavy (non-hydrogen) atoms. The fourth-order valence-corrected chi connectivity index (χ4v) is 2.54. The van der Waals surface area contributed by atoms with Gasteiger partial charge in [-0.05, 0) is 30.7 Å². The number of hydrogen-bond acceptors (Lipinski definition) is 6. The summed E-state index contributed by atoms with van der Waals surface area (Å²) in [5, 5.41) is 12.6. The molecule has 2 rings (SSSR count). The van der Waals surface area contributed by atoms with E-state index in [4.69, 9.17) is 15.2 Å². The monoisotopic (exact) mass is 372 g/mol. The van der Waals surface area contributed by atoms with Crippen molar-refractivity contribution in [2.45, 2.75) is 32.9 Å². The Labute approximate surface area is 158 Å². The number of benzene rings is 2. The predicted molar refractivity (Wildman–Crippen MR) is 101 cm³/mol. The fourth-order valence-electron chi connectivity index (χ4n) is 2.54. The first-order chi connectivity index (χ1) is 12.9. The van der Waals surface area contributed by atoms with Gasteiger partial charge in [0, 0.05) is 24.6 Å². The van der Waals surface area contributed by atoms with Gasteiger partial charge in [0.1, 0.15) is 12.6 Å². The number of para-hydroxylation sites is 1. The van der Waals surface area contributed by atoms with Crippen molar-refractivity contribution in [1.82, 2.24) is 5.32 Å². The summed E-state index contributed by atoms with van der Waals surface area (Å²) in [5.41, 5.74) is 7.99. The third kappa shape index (κ3) is 5.91. The van der Waals surface area contributed by atoms with Crippen LogP contribution in [0.1, 0.15) is 25.0 Å². The molecule has 0 radical (unpaired) electrons. The molecule has 2 aromatic carbocycles. The lowest BCUT2D eigenvalue weighted by Crippen LogP contribution is -2.42. The SMILES string of the molecule is CCOC(=O)C(Cc1ccc(O)c(OCc2ccccc2N)c1)NC(C)=O. The number of phenolic OH excluding ortho intramolecular Hbond substituents is 1. The Bertz CT molecular complexity index is 807. The number of nitrogens with one attached hydrogen (secondary N) is 1. The summed E-state index contributed by atoms with van der Waals surface area (Å²) < 4.78 is 10.7. The average molecular weight is 372 g/mol. The van der Waals surface area contributed by atoms with Crippen LogP contribution in [-0.4, -0.2) is 29.6 Å². The highest BCUT2D eigenvalue weighted by molar-refractivity contribution is 5.83. The first-order valence-electron chi connectivity index (χ1n) is 8.62. The topological polar surface area (TPSA) is 111 Å². The summed E-state index contributed by atoms with van der Waals surface area (Å²) in [6, 6.07) is 11.2. The number of ether oxygens (including phenoxy) is 2. The average Bonchev–Trinajstić information content (AvgIpc) is 2.62. The molecule has 0 aromatic heterocycles. The Morgan fingerprint density at radius 2 is 1.96 bits per heavy atom. The second kappa shape index (κ2) is 9.47. The molecule has 0 saturated carbocycles. The van der Waals surface area contributed by atoms with Crippen LogP contribution in [0.4, 0.5) is 5.69 Å². The number of aromatic hydroxyl groups is 1. The van der Waals surface area contributed by atoms with Gasteiger partial charge in [-0.3, -0.25) is 4.79 Å². The van der Waals surface area contributed by atoms with Gasteiger partial charge in [0.15, 0.2) is 11.5 Å². The van der Waals surface area contributed by atoms with E-state index in [1.54, 1.807) is 25.1 Å². The third-order valence-electron chi connectivity index (χ3n) is 3.85. The van der Waals surface area contributed by atoms with Crippen molar-refractivity contribution >= 4 is 17.6 Å². The number of carbonyl (C=O) groups excluding carboxylic acids is 2. The smallest absolute Gasteiger partial charge is 0.328 e. The standard InChI is InChI=1S/C20H24N2O5/c1-3-26-20(25)17(22-13(2)23)10-14-8-9-18(24)19(11-14)27-12-15-6-4-5-7-16(15)21/h4-9,11,17,24H,3,10,12,21H2,1-2H3,(H,22,23). The molecular formula is C20H24N2O5. The van der Waals surface area contributed by atoms with E-state index in [9.17, 15) is 14.7 Å². The van der Waals surface area contributed by atoms with Gasteiger partial charge in [0.05, 0.1) is 6.61 Å². The second-order valence-corrected chi connectivity index (χ2v) is 6.00. The maximum Gasteiger partial charge on any atom is 0.328 e. The van der Waals surface area contributed by atoms with E-state index in [-0.39, 0.29) is 37.0 Å². The minimum absolute atomic E-state index is 0.0273. The number of nitrogens with two attached hydrogens (primary N) is 1. The largest absolute Gasteiger partial charge is 0.504 e. The van der Waals surface area contributed by atoms with E-state index < -0.39 is 12.0 Å². The van der Waals surface area contributed by atoms with Gasteiger partial charge in [-0.2, -0.15) is 0 Å². The van der Waals surface area contributed by atoms with Crippen molar-refractivity contribution in [3.8, 4) is 11.5 Å². The molecule has 0 bridgehead atoms. The summed E-state index contributed by atoms with van der Waals surface area (Å²) in [6.45, 7) is 3.44. The molecule has 7 nitrogen and oxygen atoms in total. The van der Waals surface area contributed by atoms with Crippen molar-refractivity contribution in [2.24, 2.45) is 0 Å². The van der Waals surface area contributed by atoms with Gasteiger partial charge in [0.25, 0.3) is 0 Å². The van der Waals surface area contributed by atoms with Crippen molar-refractivity contribution in [3.05, 3.63) is 53.6 Å². The number of carbonyl (C=O) groups is 2. The summed E-state index contributed by atoms with van der Waals surface area (Å²) in [7, 11) is 0. The third-order valence-corrected chi connectivity index (χ3v) is 3.85. The lowest BCUT2D eigenvalue weighted by atomic mass is 10.1. The van der Waals surface area contributed by atoms with Crippen LogP contribution in [-0.2, 0) is 27.4 Å². The minimum atomic E-state index is -0.815. The van der Waals surface area contributed by atoms with Gasteiger partial charge in [0.2, 0.25) is 5.91 Å². The highest BCUT2D eigenvalue weighted by atomic mass is 16.5. The van der Waals surface area contributed by atoms with Crippen molar-refractivity contribution in [3.63, 3.8) is 0 Å². The number of nitrogen functional groups attached to an aromatic ring is 1. The molecule has 4 N–H and O–H groups in total. The molecule has 1 unspecified atom stereocenters. The van der Waals surface area contributed by atoms with E-state index in [2.05, 4.69) is 5.32 Å². The summed E-state index contributed by atoms with van der Waals surface area (Å²) >= 11 is 0. The van der Waals surface area contributed by atoms with E-state index in [1.807, 2.05) is 18.2 Å². The lowest BCUT2D eigenvalue weighted by Gasteiger charge is -2.17. The molecule has 2 aromatic rings. The molecule has 0 saturated heterocycles. The van der Waals surface area contributed by atoms with Crippen LogP contribution in [0.25, 0.3) is 0 Å². The number of phenols is 1. The van der Waals surface area contributed by atoms with Gasteiger partial charge in [-0.25, -0.2) is 4.79 Å². The Morgan fingerprint density at radius 1 is 1.22 bits per heavy atom. The molecule has 0 spiro atoms. The lowest BCUT2D eigenvalue weighted by molar-refractivity contribution is -0.147. The zero-order valence-corrected chi connectivity index (χ0v) is 15.4. The summed E-state index contributed by atoms with van der Waals surface area (Å²) in [6.07, 6.45) is 0.211. The molecule has 0 fully saturated rings. The molecule has 0 aliphatic rings.